The van der Waals surface area contributed by atoms with Gasteiger partial charge in [-0.2, -0.15) is 5.26 Å². The van der Waals surface area contributed by atoms with Crippen LogP contribution < -0.4 is 5.32 Å². The lowest BCUT2D eigenvalue weighted by atomic mass is 9.51. The molecule has 1 heterocycles. The highest BCUT2D eigenvalue weighted by Gasteiger charge is 2.52. The maximum Gasteiger partial charge on any atom is 0.243 e. The van der Waals surface area contributed by atoms with Crippen LogP contribution in [0.5, 0.6) is 0 Å². The predicted molar refractivity (Wildman–Crippen MR) is 88.1 cm³/mol. The number of rotatable bonds is 2. The lowest BCUT2D eigenvalue weighted by Crippen LogP contribution is -2.50. The topological polar surface area (TPSA) is 73.1 Å². The first kappa shape index (κ1) is 16.3. The van der Waals surface area contributed by atoms with Crippen molar-refractivity contribution in [1.29, 1.82) is 5.26 Å². The van der Waals surface area contributed by atoms with Gasteiger partial charge in [0.05, 0.1) is 12.2 Å². The third-order valence-corrected chi connectivity index (χ3v) is 6.40. The maximum atomic E-state index is 11.9. The molecule has 0 spiro atoms. The van der Waals surface area contributed by atoms with E-state index in [1.165, 1.54) is 11.1 Å². The summed E-state index contributed by atoms with van der Waals surface area (Å²) in [5.74, 6) is 0.926. The van der Waals surface area contributed by atoms with E-state index < -0.39 is 6.10 Å². The van der Waals surface area contributed by atoms with Gasteiger partial charge in [0.2, 0.25) is 5.91 Å². The fourth-order valence-corrected chi connectivity index (χ4v) is 5.27. The first-order chi connectivity index (χ1) is 11.0. The van der Waals surface area contributed by atoms with E-state index in [1.807, 2.05) is 6.08 Å². The van der Waals surface area contributed by atoms with Gasteiger partial charge in [0.1, 0.15) is 0 Å². The quantitative estimate of drug-likeness (QED) is 0.770. The van der Waals surface area contributed by atoms with Crippen LogP contribution in [0.25, 0.3) is 0 Å². The standard InChI is InChI=1S/C19H26N2O2/c1-12-10-16(22)18-15(14(12)4-3-8-20)6-5-13-11-17(23)21-9-7-19(13,18)2/h10-11,14-16,18,22H,3-7,9H2,1-2H3,(H,21,23)/t14-,15+,16?,18-,19+/m1/s1. The Kier molecular flexibility index (Phi) is 4.33. The van der Waals surface area contributed by atoms with Crippen LogP contribution in [0.15, 0.2) is 23.3 Å². The molecule has 1 aliphatic heterocycles. The van der Waals surface area contributed by atoms with E-state index in [0.29, 0.717) is 24.8 Å². The summed E-state index contributed by atoms with van der Waals surface area (Å²) in [6, 6.07) is 2.27. The average Bonchev–Trinajstić information content (AvgIpc) is 2.64. The van der Waals surface area contributed by atoms with E-state index in [4.69, 9.17) is 5.26 Å². The van der Waals surface area contributed by atoms with Gasteiger partial charge in [-0.3, -0.25) is 4.79 Å². The Morgan fingerprint density at radius 1 is 1.52 bits per heavy atom. The average molecular weight is 314 g/mol. The van der Waals surface area contributed by atoms with Crippen molar-refractivity contribution in [2.75, 3.05) is 6.54 Å². The van der Waals surface area contributed by atoms with Gasteiger partial charge in [0, 0.05) is 25.0 Å². The molecule has 2 aliphatic carbocycles. The summed E-state index contributed by atoms with van der Waals surface area (Å²) in [5, 5.41) is 22.7. The molecular formula is C19H26N2O2. The van der Waals surface area contributed by atoms with E-state index in [0.717, 1.165) is 25.7 Å². The summed E-state index contributed by atoms with van der Waals surface area (Å²) in [5.41, 5.74) is 2.29. The van der Waals surface area contributed by atoms with Gasteiger partial charge in [0.25, 0.3) is 0 Å². The van der Waals surface area contributed by atoms with E-state index in [-0.39, 0.29) is 17.2 Å². The summed E-state index contributed by atoms with van der Waals surface area (Å²) in [6.07, 6.45) is 7.54. The second-order valence-electron chi connectivity index (χ2n) is 7.56. The predicted octanol–water partition coefficient (Wildman–Crippen LogP) is 2.71. The van der Waals surface area contributed by atoms with E-state index in [9.17, 15) is 9.90 Å². The molecule has 3 aliphatic rings. The third kappa shape index (κ3) is 2.72. The highest BCUT2D eigenvalue weighted by molar-refractivity contribution is 5.88. The molecule has 23 heavy (non-hydrogen) atoms. The minimum absolute atomic E-state index is 0.000211. The number of aliphatic hydroxyl groups is 1. The Bertz CT molecular complexity index is 601. The van der Waals surface area contributed by atoms with Gasteiger partial charge in [-0.25, -0.2) is 0 Å². The molecule has 1 amide bonds. The second kappa shape index (κ2) is 6.13. The number of nitrogens with zero attached hydrogens (tertiary/aromatic N) is 1. The summed E-state index contributed by atoms with van der Waals surface area (Å²) in [4.78, 5) is 11.9. The number of fused-ring (bicyclic) bond motifs is 3. The molecule has 0 saturated heterocycles. The van der Waals surface area contributed by atoms with Gasteiger partial charge < -0.3 is 10.4 Å². The maximum absolute atomic E-state index is 11.9. The molecule has 1 saturated carbocycles. The number of carbonyl (C=O) groups excluding carboxylic acids is 1. The zero-order valence-corrected chi connectivity index (χ0v) is 14.0. The van der Waals surface area contributed by atoms with Crippen molar-refractivity contribution in [2.24, 2.45) is 23.2 Å². The number of amides is 1. The Morgan fingerprint density at radius 3 is 3.04 bits per heavy atom. The second-order valence-corrected chi connectivity index (χ2v) is 7.56. The third-order valence-electron chi connectivity index (χ3n) is 6.40. The van der Waals surface area contributed by atoms with Crippen molar-refractivity contribution in [3.05, 3.63) is 23.3 Å². The number of hydrogen-bond donors (Lipinski definition) is 2. The zero-order chi connectivity index (χ0) is 16.6. The highest BCUT2D eigenvalue weighted by Crippen LogP contribution is 2.57. The molecule has 0 radical (unpaired) electrons. The van der Waals surface area contributed by atoms with Crippen LogP contribution in [0.1, 0.15) is 46.0 Å². The van der Waals surface area contributed by atoms with Crippen LogP contribution in [0.4, 0.5) is 0 Å². The molecule has 0 aromatic rings. The fourth-order valence-electron chi connectivity index (χ4n) is 5.27. The lowest BCUT2D eigenvalue weighted by Gasteiger charge is -2.53. The number of nitriles is 1. The summed E-state index contributed by atoms with van der Waals surface area (Å²) in [7, 11) is 0. The minimum atomic E-state index is -0.458. The monoisotopic (exact) mass is 314 g/mol. The van der Waals surface area contributed by atoms with Gasteiger partial charge in [-0.15, -0.1) is 0 Å². The SMILES string of the molecule is CC1=CC(O)[C@H]2[C@@H](CCC3=CC(=O)NCC[C@@]32C)[C@@H]1CCC#N. The molecule has 124 valence electrons. The lowest BCUT2D eigenvalue weighted by molar-refractivity contribution is -0.116. The Hall–Kier alpha value is -1.60. The Labute approximate surface area is 138 Å². The summed E-state index contributed by atoms with van der Waals surface area (Å²) >= 11 is 0. The molecule has 1 unspecified atom stereocenters. The van der Waals surface area contributed by atoms with Gasteiger partial charge in [-0.1, -0.05) is 24.1 Å². The number of carbonyl (C=O) groups is 1. The van der Waals surface area contributed by atoms with Crippen LogP contribution in [-0.2, 0) is 4.79 Å². The first-order valence-corrected chi connectivity index (χ1v) is 8.69. The van der Waals surface area contributed by atoms with Crippen molar-refractivity contribution < 1.29 is 9.90 Å². The molecule has 4 nitrogen and oxygen atoms in total. The van der Waals surface area contributed by atoms with Crippen molar-refractivity contribution >= 4 is 5.91 Å². The normalized spacial score (nSPS) is 39.8. The number of allylic oxidation sites excluding steroid dienone is 2. The molecule has 1 fully saturated rings. The van der Waals surface area contributed by atoms with Crippen LogP contribution in [0.3, 0.4) is 0 Å². The Morgan fingerprint density at radius 2 is 2.30 bits per heavy atom. The van der Waals surface area contributed by atoms with E-state index in [2.05, 4.69) is 25.2 Å². The first-order valence-electron chi connectivity index (χ1n) is 8.69. The van der Waals surface area contributed by atoms with Crippen molar-refractivity contribution in [3.8, 4) is 6.07 Å². The fraction of sp³-hybridized carbons (Fsp3) is 0.684. The smallest absolute Gasteiger partial charge is 0.243 e. The molecule has 0 aromatic heterocycles. The number of nitrogens with one attached hydrogen (secondary N) is 1. The van der Waals surface area contributed by atoms with Crippen LogP contribution in [0, 0.1) is 34.5 Å². The molecule has 3 rings (SSSR count). The largest absolute Gasteiger partial charge is 0.389 e. The van der Waals surface area contributed by atoms with E-state index >= 15 is 0 Å². The van der Waals surface area contributed by atoms with Crippen molar-refractivity contribution in [2.45, 2.75) is 52.1 Å². The van der Waals surface area contributed by atoms with Gasteiger partial charge in [0.15, 0.2) is 0 Å². The van der Waals surface area contributed by atoms with Crippen LogP contribution >= 0.6 is 0 Å². The molecule has 0 aromatic carbocycles. The van der Waals surface area contributed by atoms with Gasteiger partial charge >= 0.3 is 0 Å². The number of hydrogen-bond acceptors (Lipinski definition) is 3. The summed E-state index contributed by atoms with van der Waals surface area (Å²) in [6.45, 7) is 4.97. The molecular weight excluding hydrogens is 288 g/mol. The van der Waals surface area contributed by atoms with E-state index in [1.54, 1.807) is 6.08 Å². The molecule has 0 bridgehead atoms. The molecule has 4 heteroatoms. The number of aliphatic hydroxyl groups excluding tert-OH is 1. The molecule has 2 N–H and O–H groups in total. The highest BCUT2D eigenvalue weighted by atomic mass is 16.3. The van der Waals surface area contributed by atoms with Crippen molar-refractivity contribution in [3.63, 3.8) is 0 Å². The van der Waals surface area contributed by atoms with Crippen LogP contribution in [-0.4, -0.2) is 23.7 Å². The van der Waals surface area contributed by atoms with Crippen LogP contribution in [0.2, 0.25) is 0 Å². The van der Waals surface area contributed by atoms with Crippen molar-refractivity contribution in [1.82, 2.24) is 5.32 Å². The van der Waals surface area contributed by atoms with Gasteiger partial charge in [-0.05, 0) is 49.9 Å². The Balaban J connectivity index is 1.99. The summed E-state index contributed by atoms with van der Waals surface area (Å²) < 4.78 is 0. The minimum Gasteiger partial charge on any atom is -0.389 e. The molecule has 5 atom stereocenters. The zero-order valence-electron chi connectivity index (χ0n) is 14.0.